The van der Waals surface area contributed by atoms with Gasteiger partial charge in [0.25, 0.3) is 0 Å². The van der Waals surface area contributed by atoms with E-state index in [2.05, 4.69) is 10.5 Å². The third-order valence-electron chi connectivity index (χ3n) is 5.85. The Balaban J connectivity index is 1.45. The number of carbonyl (C=O) groups is 1. The summed E-state index contributed by atoms with van der Waals surface area (Å²) in [7, 11) is -3.79. The second kappa shape index (κ2) is 9.62. The monoisotopic (exact) mass is 485 g/mol. The molecule has 1 N–H and O–H groups in total. The Bertz CT molecular complexity index is 1270. The van der Waals surface area contributed by atoms with E-state index in [1.165, 1.54) is 4.31 Å². The predicted octanol–water partition coefficient (Wildman–Crippen LogP) is 4.87. The predicted molar refractivity (Wildman–Crippen MR) is 131 cm³/mol. The van der Waals surface area contributed by atoms with E-state index in [0.29, 0.717) is 18.5 Å². The second-order valence-corrected chi connectivity index (χ2v) is 11.2. The van der Waals surface area contributed by atoms with Crippen molar-refractivity contribution in [1.82, 2.24) is 9.46 Å². The highest BCUT2D eigenvalue weighted by Crippen LogP contribution is 2.30. The molecule has 0 aliphatic carbocycles. The van der Waals surface area contributed by atoms with Gasteiger partial charge in [0, 0.05) is 29.6 Å². The molecule has 0 saturated carbocycles. The van der Waals surface area contributed by atoms with Crippen LogP contribution in [-0.4, -0.2) is 36.9 Å². The highest BCUT2D eigenvalue weighted by atomic mass is 32.2. The molecule has 1 fully saturated rings. The zero-order valence-electron chi connectivity index (χ0n) is 18.9. The van der Waals surface area contributed by atoms with E-state index in [9.17, 15) is 13.2 Å². The summed E-state index contributed by atoms with van der Waals surface area (Å²) < 4.78 is 33.5. The molecule has 1 aliphatic rings. The molecule has 1 amide bonds. The van der Waals surface area contributed by atoms with Gasteiger partial charge in [-0.15, -0.1) is 11.3 Å². The summed E-state index contributed by atoms with van der Waals surface area (Å²) in [6.45, 7) is 6.10. The number of piperidine rings is 1. The third kappa shape index (κ3) is 5.10. The standard InChI is InChI=1S/C24H27N3O4S2/c1-16-6-7-17(2)21(15-16)25-24(28)19-10-12-27(13-11-19)33(29,30)23-18(3)26-31-22(23)9-8-20-5-4-14-32-20/h4-9,14-15,19H,10-13H2,1-3H3,(H,25,28)/b9-8+. The molecular formula is C24H27N3O4S2. The van der Waals surface area contributed by atoms with E-state index in [1.54, 1.807) is 24.3 Å². The number of rotatable bonds is 6. The molecule has 1 saturated heterocycles. The maximum absolute atomic E-state index is 13.4. The normalized spacial score (nSPS) is 15.8. The lowest BCUT2D eigenvalue weighted by Gasteiger charge is -2.30. The van der Waals surface area contributed by atoms with Crippen LogP contribution in [0.25, 0.3) is 12.2 Å². The lowest BCUT2D eigenvalue weighted by atomic mass is 9.97. The summed E-state index contributed by atoms with van der Waals surface area (Å²) in [5, 5.41) is 8.85. The molecule has 0 bridgehead atoms. The van der Waals surface area contributed by atoms with Crippen LogP contribution in [0.4, 0.5) is 5.69 Å². The molecule has 0 atom stereocenters. The first kappa shape index (κ1) is 23.4. The highest BCUT2D eigenvalue weighted by Gasteiger charge is 2.36. The summed E-state index contributed by atoms with van der Waals surface area (Å²) >= 11 is 1.55. The number of benzene rings is 1. The smallest absolute Gasteiger partial charge is 0.248 e. The number of hydrogen-bond donors (Lipinski definition) is 1. The minimum Gasteiger partial charge on any atom is -0.355 e. The minimum atomic E-state index is -3.79. The van der Waals surface area contributed by atoms with Gasteiger partial charge in [0.2, 0.25) is 15.9 Å². The Hall–Kier alpha value is -2.75. The number of amides is 1. The van der Waals surface area contributed by atoms with Gasteiger partial charge in [0.1, 0.15) is 5.69 Å². The van der Waals surface area contributed by atoms with Crippen molar-refractivity contribution in [3.05, 3.63) is 63.2 Å². The number of sulfonamides is 1. The number of thiophene rings is 1. The fourth-order valence-electron chi connectivity index (χ4n) is 3.94. The quantitative estimate of drug-likeness (QED) is 0.538. The summed E-state index contributed by atoms with van der Waals surface area (Å²) in [5.41, 5.74) is 3.21. The van der Waals surface area contributed by atoms with Crippen molar-refractivity contribution >= 4 is 45.1 Å². The van der Waals surface area contributed by atoms with E-state index in [-0.39, 0.29) is 35.6 Å². The third-order valence-corrected chi connectivity index (χ3v) is 8.74. The maximum Gasteiger partial charge on any atom is 0.248 e. The van der Waals surface area contributed by atoms with Gasteiger partial charge in [-0.3, -0.25) is 4.79 Å². The summed E-state index contributed by atoms with van der Waals surface area (Å²) in [4.78, 5) is 13.9. The first-order valence-electron chi connectivity index (χ1n) is 10.8. The zero-order chi connectivity index (χ0) is 23.6. The van der Waals surface area contributed by atoms with Gasteiger partial charge < -0.3 is 9.84 Å². The molecule has 1 aliphatic heterocycles. The number of anilines is 1. The van der Waals surface area contributed by atoms with Crippen LogP contribution in [0.2, 0.25) is 0 Å². The molecule has 3 heterocycles. The first-order valence-corrected chi connectivity index (χ1v) is 13.1. The van der Waals surface area contributed by atoms with Crippen LogP contribution in [0.5, 0.6) is 0 Å². The van der Waals surface area contributed by atoms with Gasteiger partial charge in [-0.1, -0.05) is 23.4 Å². The van der Waals surface area contributed by atoms with E-state index < -0.39 is 10.0 Å². The summed E-state index contributed by atoms with van der Waals surface area (Å²) in [6.07, 6.45) is 4.37. The Kier molecular flexibility index (Phi) is 6.83. The summed E-state index contributed by atoms with van der Waals surface area (Å²) in [5.74, 6) is -0.0877. The molecule has 4 rings (SSSR count). The van der Waals surface area contributed by atoms with E-state index in [0.717, 1.165) is 21.7 Å². The van der Waals surface area contributed by atoms with Crippen molar-refractivity contribution in [1.29, 1.82) is 0 Å². The van der Waals surface area contributed by atoms with Crippen molar-refractivity contribution in [3.63, 3.8) is 0 Å². The van der Waals surface area contributed by atoms with Crippen molar-refractivity contribution in [2.75, 3.05) is 18.4 Å². The van der Waals surface area contributed by atoms with Gasteiger partial charge >= 0.3 is 0 Å². The molecule has 9 heteroatoms. The Morgan fingerprint density at radius 3 is 2.64 bits per heavy atom. The molecule has 2 aromatic heterocycles. The molecule has 174 valence electrons. The second-order valence-electron chi connectivity index (χ2n) is 8.30. The number of aromatic nitrogens is 1. The van der Waals surface area contributed by atoms with Crippen LogP contribution in [-0.2, 0) is 14.8 Å². The fourth-order valence-corrected chi connectivity index (χ4v) is 6.27. The average Bonchev–Trinajstić information content (AvgIpc) is 3.44. The largest absolute Gasteiger partial charge is 0.355 e. The lowest BCUT2D eigenvalue weighted by Crippen LogP contribution is -2.41. The van der Waals surface area contributed by atoms with Crippen molar-refractivity contribution in [2.24, 2.45) is 5.92 Å². The highest BCUT2D eigenvalue weighted by molar-refractivity contribution is 7.89. The van der Waals surface area contributed by atoms with Crippen LogP contribution >= 0.6 is 11.3 Å². The van der Waals surface area contributed by atoms with Crippen LogP contribution in [0, 0.1) is 26.7 Å². The molecule has 1 aromatic carbocycles. The molecule has 0 radical (unpaired) electrons. The molecule has 0 unspecified atom stereocenters. The van der Waals surface area contributed by atoms with E-state index in [1.807, 2.05) is 55.6 Å². The van der Waals surface area contributed by atoms with Crippen molar-refractivity contribution < 1.29 is 17.7 Å². The number of carbonyl (C=O) groups excluding carboxylic acids is 1. The van der Waals surface area contributed by atoms with Crippen molar-refractivity contribution in [2.45, 2.75) is 38.5 Å². The van der Waals surface area contributed by atoms with Gasteiger partial charge in [0.05, 0.1) is 0 Å². The maximum atomic E-state index is 13.4. The Morgan fingerprint density at radius 1 is 1.18 bits per heavy atom. The van der Waals surface area contributed by atoms with Crippen LogP contribution in [0.1, 0.15) is 40.3 Å². The Labute approximate surface area is 198 Å². The number of hydrogen-bond acceptors (Lipinski definition) is 6. The average molecular weight is 486 g/mol. The van der Waals surface area contributed by atoms with E-state index in [4.69, 9.17) is 4.52 Å². The molecule has 7 nitrogen and oxygen atoms in total. The molecule has 0 spiro atoms. The molecular weight excluding hydrogens is 458 g/mol. The summed E-state index contributed by atoms with van der Waals surface area (Å²) in [6, 6.07) is 9.80. The Morgan fingerprint density at radius 2 is 1.94 bits per heavy atom. The van der Waals surface area contributed by atoms with Gasteiger partial charge in [-0.25, -0.2) is 8.42 Å². The van der Waals surface area contributed by atoms with Crippen molar-refractivity contribution in [3.8, 4) is 0 Å². The van der Waals surface area contributed by atoms with Crippen LogP contribution < -0.4 is 5.32 Å². The number of aryl methyl sites for hydroxylation is 3. The molecule has 33 heavy (non-hydrogen) atoms. The lowest BCUT2D eigenvalue weighted by molar-refractivity contribution is -0.120. The van der Waals surface area contributed by atoms with Gasteiger partial charge in [-0.2, -0.15) is 4.31 Å². The fraction of sp³-hybridized carbons (Fsp3) is 0.333. The number of nitrogens with one attached hydrogen (secondary N) is 1. The SMILES string of the molecule is Cc1ccc(C)c(NC(=O)C2CCN(S(=O)(=O)c3c(C)noc3/C=C/c3cccs3)CC2)c1. The molecule has 3 aromatic rings. The van der Waals surface area contributed by atoms with Crippen LogP contribution in [0.15, 0.2) is 45.1 Å². The minimum absolute atomic E-state index is 0.0681. The topological polar surface area (TPSA) is 92.5 Å². The van der Waals surface area contributed by atoms with E-state index >= 15 is 0 Å². The first-order chi connectivity index (χ1) is 15.8. The van der Waals surface area contributed by atoms with Gasteiger partial charge in [-0.05, 0) is 74.4 Å². The number of nitrogens with zero attached hydrogens (tertiary/aromatic N) is 2. The zero-order valence-corrected chi connectivity index (χ0v) is 20.5. The van der Waals surface area contributed by atoms with Crippen LogP contribution in [0.3, 0.4) is 0 Å². The van der Waals surface area contributed by atoms with Gasteiger partial charge in [0.15, 0.2) is 10.7 Å².